The number of tetrazole rings is 1. The average Bonchev–Trinajstić information content (AvgIpc) is 3.60. The molecule has 4 aromatic rings. The number of fused-ring (bicyclic) bond motifs is 2. The van der Waals surface area contributed by atoms with E-state index >= 15 is 0 Å². The Morgan fingerprint density at radius 2 is 1.82 bits per heavy atom. The largest absolute Gasteiger partial charge is 0.494 e. The van der Waals surface area contributed by atoms with Crippen molar-refractivity contribution < 1.29 is 14.2 Å². The molecule has 1 fully saturated rings. The molecule has 2 aromatic heterocycles. The van der Waals surface area contributed by atoms with Gasteiger partial charge in [-0.15, -0.1) is 5.10 Å². The molecule has 11 heteroatoms. The number of aromatic nitrogens is 5. The minimum absolute atomic E-state index is 0.145. The molecule has 0 amide bonds. The second-order valence-corrected chi connectivity index (χ2v) is 11.3. The lowest BCUT2D eigenvalue weighted by atomic mass is 10.0. The number of nitrogens with zero attached hydrogens (tertiary/aromatic N) is 6. The van der Waals surface area contributed by atoms with Crippen LogP contribution in [0.15, 0.2) is 47.3 Å². The van der Waals surface area contributed by atoms with Crippen molar-refractivity contribution in [2.75, 3.05) is 39.6 Å². The zero-order valence-corrected chi connectivity index (χ0v) is 23.4. The van der Waals surface area contributed by atoms with Crippen LogP contribution in [0.2, 0.25) is 0 Å². The van der Waals surface area contributed by atoms with Gasteiger partial charge < -0.3 is 19.2 Å². The third kappa shape index (κ3) is 5.14. The molecular weight excluding hydrogens is 510 g/mol. The molecule has 0 saturated carbocycles. The molecule has 4 heterocycles. The van der Waals surface area contributed by atoms with Crippen LogP contribution < -0.4 is 19.8 Å². The standard InChI is InChI=1S/C29H35N7O4/c1-5-38-21-7-8-23-20(15-21)16-22(28(37)30-23)26(27-31-32-33-36(27)29(2,3)4)35-12-10-34(11-13-35)17-19-6-9-24-25(14-19)40-18-39-24/h6-9,14-16,26H,5,10-13,17-18H2,1-4H3,(H,30,37)/t26-/m1/s1. The highest BCUT2D eigenvalue weighted by Gasteiger charge is 2.35. The summed E-state index contributed by atoms with van der Waals surface area (Å²) in [6.07, 6.45) is 0. The molecule has 6 rings (SSSR count). The molecule has 1 saturated heterocycles. The van der Waals surface area contributed by atoms with E-state index in [0.29, 0.717) is 18.0 Å². The molecule has 0 unspecified atom stereocenters. The first-order chi connectivity index (χ1) is 19.3. The van der Waals surface area contributed by atoms with E-state index in [-0.39, 0.29) is 17.9 Å². The Morgan fingerprint density at radius 3 is 2.60 bits per heavy atom. The van der Waals surface area contributed by atoms with Gasteiger partial charge in [-0.25, -0.2) is 4.68 Å². The van der Waals surface area contributed by atoms with E-state index < -0.39 is 6.04 Å². The summed E-state index contributed by atoms with van der Waals surface area (Å²) >= 11 is 0. The molecule has 40 heavy (non-hydrogen) atoms. The SMILES string of the molecule is CCOc1ccc2[nH]c(=O)c([C@H](c3nnnn3C(C)(C)C)N3CCN(Cc4ccc5c(c4)OCO5)CC3)cc2c1. The molecule has 0 aliphatic carbocycles. The van der Waals surface area contributed by atoms with E-state index in [1.165, 1.54) is 5.56 Å². The summed E-state index contributed by atoms with van der Waals surface area (Å²) in [5, 5.41) is 13.7. The molecule has 1 N–H and O–H groups in total. The van der Waals surface area contributed by atoms with Gasteiger partial charge in [0.1, 0.15) is 11.8 Å². The van der Waals surface area contributed by atoms with Crippen LogP contribution >= 0.6 is 0 Å². The molecule has 1 atom stereocenters. The number of pyridine rings is 1. The van der Waals surface area contributed by atoms with Crippen molar-refractivity contribution in [1.82, 2.24) is 35.0 Å². The summed E-state index contributed by atoms with van der Waals surface area (Å²) in [7, 11) is 0. The average molecular weight is 546 g/mol. The van der Waals surface area contributed by atoms with Crippen LogP contribution in [0.3, 0.4) is 0 Å². The third-order valence-electron chi connectivity index (χ3n) is 7.44. The highest BCUT2D eigenvalue weighted by atomic mass is 16.7. The first-order valence-electron chi connectivity index (χ1n) is 13.7. The Morgan fingerprint density at radius 1 is 1.02 bits per heavy atom. The van der Waals surface area contributed by atoms with Crippen molar-refractivity contribution in [3.05, 3.63) is 69.8 Å². The smallest absolute Gasteiger partial charge is 0.253 e. The summed E-state index contributed by atoms with van der Waals surface area (Å²) in [4.78, 5) is 21.4. The second kappa shape index (κ2) is 10.5. The Balaban J connectivity index is 1.31. The van der Waals surface area contributed by atoms with Crippen molar-refractivity contribution in [3.63, 3.8) is 0 Å². The number of nitrogens with one attached hydrogen (secondary N) is 1. The lowest BCUT2D eigenvalue weighted by Gasteiger charge is -2.39. The van der Waals surface area contributed by atoms with E-state index in [1.807, 2.05) is 41.9 Å². The van der Waals surface area contributed by atoms with Gasteiger partial charge in [-0.3, -0.25) is 14.6 Å². The van der Waals surface area contributed by atoms with Gasteiger partial charge in [0.05, 0.1) is 12.1 Å². The van der Waals surface area contributed by atoms with Crippen LogP contribution in [0, 0.1) is 0 Å². The summed E-state index contributed by atoms with van der Waals surface area (Å²) in [5.74, 6) is 3.01. The molecule has 2 aromatic carbocycles. The Kier molecular flexibility index (Phi) is 6.93. The van der Waals surface area contributed by atoms with Crippen LogP contribution in [0.25, 0.3) is 10.9 Å². The summed E-state index contributed by atoms with van der Waals surface area (Å²) in [5.41, 5.74) is 2.06. The molecule has 0 radical (unpaired) electrons. The van der Waals surface area contributed by atoms with Gasteiger partial charge in [0.15, 0.2) is 17.3 Å². The monoisotopic (exact) mass is 545 g/mol. The predicted molar refractivity (Wildman–Crippen MR) is 150 cm³/mol. The number of hydrogen-bond donors (Lipinski definition) is 1. The summed E-state index contributed by atoms with van der Waals surface area (Å²) in [6, 6.07) is 13.4. The minimum atomic E-state index is -0.411. The number of hydrogen-bond acceptors (Lipinski definition) is 9. The maximum Gasteiger partial charge on any atom is 0.253 e. The molecule has 210 valence electrons. The zero-order chi connectivity index (χ0) is 27.9. The Bertz CT molecular complexity index is 1570. The van der Waals surface area contributed by atoms with Crippen LogP contribution in [-0.2, 0) is 12.1 Å². The summed E-state index contributed by atoms with van der Waals surface area (Å²) in [6.45, 7) is 13.0. The van der Waals surface area contributed by atoms with Crippen LogP contribution in [0.5, 0.6) is 17.2 Å². The van der Waals surface area contributed by atoms with Gasteiger partial charge in [-0.05, 0) is 80.1 Å². The van der Waals surface area contributed by atoms with Gasteiger partial charge in [-0.1, -0.05) is 6.07 Å². The minimum Gasteiger partial charge on any atom is -0.494 e. The van der Waals surface area contributed by atoms with Gasteiger partial charge in [0.25, 0.3) is 5.56 Å². The normalized spacial score (nSPS) is 16.9. The van der Waals surface area contributed by atoms with Crippen LogP contribution in [0.1, 0.15) is 50.7 Å². The number of benzene rings is 2. The van der Waals surface area contributed by atoms with Crippen molar-refractivity contribution in [1.29, 1.82) is 0 Å². The fourth-order valence-electron chi connectivity index (χ4n) is 5.48. The van der Waals surface area contributed by atoms with E-state index in [4.69, 9.17) is 14.2 Å². The number of ether oxygens (including phenoxy) is 3. The van der Waals surface area contributed by atoms with Gasteiger partial charge in [0, 0.05) is 49.2 Å². The lowest BCUT2D eigenvalue weighted by molar-refractivity contribution is 0.0975. The van der Waals surface area contributed by atoms with Gasteiger partial charge in [-0.2, -0.15) is 0 Å². The highest BCUT2D eigenvalue weighted by molar-refractivity contribution is 5.80. The van der Waals surface area contributed by atoms with E-state index in [1.54, 1.807) is 0 Å². The van der Waals surface area contributed by atoms with Crippen molar-refractivity contribution in [3.8, 4) is 17.2 Å². The van der Waals surface area contributed by atoms with Crippen molar-refractivity contribution in [2.45, 2.75) is 45.8 Å². The van der Waals surface area contributed by atoms with Gasteiger partial charge >= 0.3 is 0 Å². The lowest BCUT2D eigenvalue weighted by Crippen LogP contribution is -2.49. The van der Waals surface area contributed by atoms with Crippen LogP contribution in [0.4, 0.5) is 0 Å². The quantitative estimate of drug-likeness (QED) is 0.374. The van der Waals surface area contributed by atoms with Crippen LogP contribution in [-0.4, -0.2) is 74.6 Å². The maximum atomic E-state index is 13.6. The van der Waals surface area contributed by atoms with E-state index in [0.717, 1.165) is 60.9 Å². The molecule has 11 nitrogen and oxygen atoms in total. The number of aromatic amines is 1. The topological polar surface area (TPSA) is 111 Å². The first kappa shape index (κ1) is 26.3. The first-order valence-corrected chi connectivity index (χ1v) is 13.7. The fraction of sp³-hybridized carbons (Fsp3) is 0.448. The molecule has 0 bridgehead atoms. The maximum absolute atomic E-state index is 13.6. The number of H-pyrrole nitrogens is 1. The highest BCUT2D eigenvalue weighted by Crippen LogP contribution is 2.34. The van der Waals surface area contributed by atoms with E-state index in [2.05, 4.69) is 63.2 Å². The predicted octanol–water partition coefficient (Wildman–Crippen LogP) is 3.30. The fourth-order valence-corrected chi connectivity index (χ4v) is 5.48. The van der Waals surface area contributed by atoms with Gasteiger partial charge in [0.2, 0.25) is 6.79 Å². The van der Waals surface area contributed by atoms with Crippen molar-refractivity contribution in [2.24, 2.45) is 0 Å². The number of rotatable bonds is 7. The van der Waals surface area contributed by atoms with Crippen molar-refractivity contribution >= 4 is 10.9 Å². The van der Waals surface area contributed by atoms with E-state index in [9.17, 15) is 4.79 Å². The zero-order valence-electron chi connectivity index (χ0n) is 23.4. The Labute approximate surface area is 232 Å². The Hall–Kier alpha value is -3.96. The molecule has 2 aliphatic rings. The molecular formula is C29H35N7O4. The molecule has 2 aliphatic heterocycles. The molecule has 0 spiro atoms. The number of piperazine rings is 1. The second-order valence-electron chi connectivity index (χ2n) is 11.3. The third-order valence-corrected chi connectivity index (χ3v) is 7.44. The summed E-state index contributed by atoms with van der Waals surface area (Å²) < 4.78 is 18.6.